The second-order valence-corrected chi connectivity index (χ2v) is 4.27. The van der Waals surface area contributed by atoms with Crippen LogP contribution in [-0.2, 0) is 19.1 Å². The minimum Gasteiger partial charge on any atom is -0.479 e. The number of hydrogen-bond acceptors (Lipinski definition) is 4. The second-order valence-electron chi connectivity index (χ2n) is 4.27. The number of methoxy groups -OCH3 is 1. The number of carbonyl (C=O) groups is 2. The van der Waals surface area contributed by atoms with Gasteiger partial charge in [0, 0.05) is 7.11 Å². The highest BCUT2D eigenvalue weighted by molar-refractivity contribution is 5.82. The lowest BCUT2D eigenvalue weighted by Crippen LogP contribution is -2.45. The van der Waals surface area contributed by atoms with Crippen LogP contribution in [0.15, 0.2) is 0 Å². The average Bonchev–Trinajstić information content (AvgIpc) is 2.77. The molecule has 0 saturated carbocycles. The molecule has 2 N–H and O–H groups in total. The van der Waals surface area contributed by atoms with E-state index in [9.17, 15) is 9.59 Å². The molecule has 1 amide bonds. The quantitative estimate of drug-likeness (QED) is 0.720. The van der Waals surface area contributed by atoms with Gasteiger partial charge in [0.15, 0.2) is 6.10 Å². The van der Waals surface area contributed by atoms with Crippen molar-refractivity contribution in [3.63, 3.8) is 0 Å². The molecular formula is C11H19NO5. The Balaban J connectivity index is 2.42. The molecule has 0 radical (unpaired) electrons. The van der Waals surface area contributed by atoms with Crippen LogP contribution in [0.25, 0.3) is 0 Å². The van der Waals surface area contributed by atoms with E-state index in [0.717, 1.165) is 0 Å². The average molecular weight is 245 g/mol. The molecule has 1 aliphatic heterocycles. The summed E-state index contributed by atoms with van der Waals surface area (Å²) < 4.78 is 10.2. The van der Waals surface area contributed by atoms with E-state index in [4.69, 9.17) is 14.6 Å². The van der Waals surface area contributed by atoms with Crippen LogP contribution in [0, 0.1) is 0 Å². The van der Waals surface area contributed by atoms with Gasteiger partial charge < -0.3 is 19.9 Å². The molecule has 0 spiro atoms. The smallest absolute Gasteiger partial charge is 0.332 e. The summed E-state index contributed by atoms with van der Waals surface area (Å²) in [5, 5.41) is 11.5. The Morgan fingerprint density at radius 2 is 1.94 bits per heavy atom. The molecule has 0 aliphatic carbocycles. The number of carbonyl (C=O) groups excluding carboxylic acids is 1. The van der Waals surface area contributed by atoms with Gasteiger partial charge in [-0.3, -0.25) is 4.79 Å². The van der Waals surface area contributed by atoms with Crippen LogP contribution in [0.5, 0.6) is 0 Å². The molecule has 1 rings (SSSR count). The van der Waals surface area contributed by atoms with E-state index in [1.54, 1.807) is 7.11 Å². The van der Waals surface area contributed by atoms with Gasteiger partial charge in [0.2, 0.25) is 5.91 Å². The number of ether oxygens (including phenoxy) is 2. The predicted molar refractivity (Wildman–Crippen MR) is 59.6 cm³/mol. The zero-order valence-corrected chi connectivity index (χ0v) is 10.3. The van der Waals surface area contributed by atoms with Crippen molar-refractivity contribution in [1.82, 2.24) is 5.32 Å². The lowest BCUT2D eigenvalue weighted by molar-refractivity contribution is -0.152. The van der Waals surface area contributed by atoms with Gasteiger partial charge in [-0.15, -0.1) is 0 Å². The Morgan fingerprint density at radius 1 is 1.35 bits per heavy atom. The zero-order chi connectivity index (χ0) is 13.0. The van der Waals surface area contributed by atoms with E-state index in [0.29, 0.717) is 12.8 Å². The summed E-state index contributed by atoms with van der Waals surface area (Å²) in [6, 6.07) is -0.139. The van der Waals surface area contributed by atoms with Crippen molar-refractivity contribution < 1.29 is 24.2 Å². The third-order valence-electron chi connectivity index (χ3n) is 3.03. The zero-order valence-electron chi connectivity index (χ0n) is 10.3. The molecule has 1 aliphatic rings. The normalized spacial score (nSPS) is 27.5. The first kappa shape index (κ1) is 13.9. The molecule has 1 unspecified atom stereocenters. The van der Waals surface area contributed by atoms with Crippen LogP contribution in [0.1, 0.15) is 26.7 Å². The Kier molecular flexibility index (Phi) is 4.89. The Bertz CT molecular complexity index is 294. The van der Waals surface area contributed by atoms with Gasteiger partial charge >= 0.3 is 5.97 Å². The van der Waals surface area contributed by atoms with Gasteiger partial charge in [-0.2, -0.15) is 0 Å². The van der Waals surface area contributed by atoms with Crippen molar-refractivity contribution >= 4 is 11.9 Å². The van der Waals surface area contributed by atoms with Crippen LogP contribution in [0.2, 0.25) is 0 Å². The molecule has 1 saturated heterocycles. The summed E-state index contributed by atoms with van der Waals surface area (Å²) in [6.45, 7) is 3.68. The lowest BCUT2D eigenvalue weighted by Gasteiger charge is -2.21. The lowest BCUT2D eigenvalue weighted by atomic mass is 10.1. The van der Waals surface area contributed by atoms with Crippen molar-refractivity contribution in [2.45, 2.75) is 51.0 Å². The molecule has 1 fully saturated rings. The van der Waals surface area contributed by atoms with Crippen molar-refractivity contribution in [3.8, 4) is 0 Å². The Morgan fingerprint density at radius 3 is 2.41 bits per heavy atom. The van der Waals surface area contributed by atoms with Gasteiger partial charge in [0.05, 0.1) is 12.1 Å². The molecule has 0 bridgehead atoms. The number of amides is 1. The monoisotopic (exact) mass is 245 g/mol. The van der Waals surface area contributed by atoms with E-state index >= 15 is 0 Å². The number of nitrogens with one attached hydrogen (secondary N) is 1. The number of carboxylic acid groups (broad SMARTS) is 1. The van der Waals surface area contributed by atoms with E-state index in [1.807, 2.05) is 13.8 Å². The highest BCUT2D eigenvalue weighted by atomic mass is 16.5. The largest absolute Gasteiger partial charge is 0.479 e. The molecule has 17 heavy (non-hydrogen) atoms. The first-order valence-corrected chi connectivity index (χ1v) is 5.67. The van der Waals surface area contributed by atoms with Crippen LogP contribution < -0.4 is 5.32 Å². The fourth-order valence-electron chi connectivity index (χ4n) is 1.65. The SMILES string of the molecule is COC(C)[C@H](C)NC(=O)[C@@H]1CC[C@H](C(=O)O)O1. The summed E-state index contributed by atoms with van der Waals surface area (Å²) in [7, 11) is 1.57. The third-order valence-corrected chi connectivity index (χ3v) is 3.03. The summed E-state index contributed by atoms with van der Waals surface area (Å²) >= 11 is 0. The molecule has 0 aromatic rings. The minimum absolute atomic E-state index is 0.101. The number of hydrogen-bond donors (Lipinski definition) is 2. The maximum absolute atomic E-state index is 11.8. The van der Waals surface area contributed by atoms with Gasteiger partial charge in [-0.05, 0) is 26.7 Å². The van der Waals surface area contributed by atoms with E-state index in [-0.39, 0.29) is 18.1 Å². The highest BCUT2D eigenvalue weighted by Crippen LogP contribution is 2.20. The Hall–Kier alpha value is -1.14. The minimum atomic E-state index is -1.02. The molecule has 98 valence electrons. The first-order chi connectivity index (χ1) is 7.95. The number of aliphatic carboxylic acids is 1. The van der Waals surface area contributed by atoms with Crippen molar-refractivity contribution in [2.24, 2.45) is 0 Å². The summed E-state index contributed by atoms with van der Waals surface area (Å²) in [5.41, 5.74) is 0. The third kappa shape index (κ3) is 3.67. The molecule has 0 aromatic heterocycles. The van der Waals surface area contributed by atoms with Gasteiger partial charge in [0.1, 0.15) is 6.10 Å². The maximum Gasteiger partial charge on any atom is 0.332 e. The molecular weight excluding hydrogens is 226 g/mol. The Labute approximate surface area is 100 Å². The standard InChI is InChI=1S/C11H19NO5/c1-6(7(2)16-3)12-10(13)8-4-5-9(17-8)11(14)15/h6-9H,4-5H2,1-3H3,(H,12,13)(H,14,15)/t6-,7?,8-,9+/m0/s1. The van der Waals surface area contributed by atoms with Crippen molar-refractivity contribution in [2.75, 3.05) is 7.11 Å². The van der Waals surface area contributed by atoms with E-state index < -0.39 is 18.2 Å². The van der Waals surface area contributed by atoms with Gasteiger partial charge in [0.25, 0.3) is 0 Å². The van der Waals surface area contributed by atoms with E-state index in [2.05, 4.69) is 5.32 Å². The summed E-state index contributed by atoms with van der Waals surface area (Å²) in [4.78, 5) is 22.4. The van der Waals surface area contributed by atoms with Crippen molar-refractivity contribution in [1.29, 1.82) is 0 Å². The van der Waals surface area contributed by atoms with Crippen LogP contribution in [-0.4, -0.2) is 48.4 Å². The second kappa shape index (κ2) is 5.97. The summed E-state index contributed by atoms with van der Waals surface area (Å²) in [6.07, 6.45) is -0.808. The molecule has 4 atom stereocenters. The molecule has 6 nitrogen and oxygen atoms in total. The molecule has 6 heteroatoms. The fourth-order valence-corrected chi connectivity index (χ4v) is 1.65. The topological polar surface area (TPSA) is 84.9 Å². The molecule has 0 aromatic carbocycles. The van der Waals surface area contributed by atoms with Gasteiger partial charge in [-0.1, -0.05) is 0 Å². The van der Waals surface area contributed by atoms with Crippen LogP contribution in [0.4, 0.5) is 0 Å². The first-order valence-electron chi connectivity index (χ1n) is 5.67. The van der Waals surface area contributed by atoms with E-state index in [1.165, 1.54) is 0 Å². The van der Waals surface area contributed by atoms with Crippen LogP contribution >= 0.6 is 0 Å². The maximum atomic E-state index is 11.8. The molecule has 1 heterocycles. The van der Waals surface area contributed by atoms with Crippen LogP contribution in [0.3, 0.4) is 0 Å². The number of carboxylic acids is 1. The fraction of sp³-hybridized carbons (Fsp3) is 0.818. The van der Waals surface area contributed by atoms with Gasteiger partial charge in [-0.25, -0.2) is 4.79 Å². The van der Waals surface area contributed by atoms with Crippen molar-refractivity contribution in [3.05, 3.63) is 0 Å². The summed E-state index contributed by atoms with van der Waals surface area (Å²) in [5.74, 6) is -1.29. The highest BCUT2D eigenvalue weighted by Gasteiger charge is 2.35. The predicted octanol–water partition coefficient (Wildman–Crippen LogP) is 0.158. The number of rotatable bonds is 5.